The minimum absolute atomic E-state index is 0.186. The van der Waals surface area contributed by atoms with Crippen molar-refractivity contribution in [2.45, 2.75) is 37.6 Å². The van der Waals surface area contributed by atoms with Crippen LogP contribution in [0.25, 0.3) is 0 Å². The van der Waals surface area contributed by atoms with Crippen LogP contribution in [0.1, 0.15) is 32.1 Å². The zero-order valence-electron chi connectivity index (χ0n) is 14.6. The highest BCUT2D eigenvalue weighted by Crippen LogP contribution is 2.32. The number of amides is 1. The maximum atomic E-state index is 12.7. The van der Waals surface area contributed by atoms with Gasteiger partial charge in [-0.2, -0.15) is 0 Å². The standard InChI is InChI=1S/C19H19N3OS2/c1-11-7-8-12(2)16(10-11)25-18-15(6-5-9-20-18)17(23)22-19-21-13(3)14(4)24-19/h5-10H,1-4H3,(H,21,22,23). The summed E-state index contributed by atoms with van der Waals surface area (Å²) in [5.74, 6) is -0.186. The second kappa shape index (κ2) is 7.37. The number of hydrogen-bond donors (Lipinski definition) is 1. The maximum absolute atomic E-state index is 12.7. The highest BCUT2D eigenvalue weighted by Gasteiger charge is 2.16. The van der Waals surface area contributed by atoms with Gasteiger partial charge in [0.05, 0.1) is 11.3 Å². The van der Waals surface area contributed by atoms with Gasteiger partial charge in [-0.3, -0.25) is 10.1 Å². The van der Waals surface area contributed by atoms with Gasteiger partial charge in [0.2, 0.25) is 0 Å². The molecule has 0 spiro atoms. The summed E-state index contributed by atoms with van der Waals surface area (Å²) in [7, 11) is 0. The quantitative estimate of drug-likeness (QED) is 0.689. The van der Waals surface area contributed by atoms with Crippen molar-refractivity contribution in [2.24, 2.45) is 0 Å². The minimum atomic E-state index is -0.186. The second-order valence-corrected chi connectivity index (χ2v) is 8.08. The van der Waals surface area contributed by atoms with E-state index in [1.165, 1.54) is 34.2 Å². The number of carbonyl (C=O) groups is 1. The zero-order valence-corrected chi connectivity index (χ0v) is 16.2. The van der Waals surface area contributed by atoms with Gasteiger partial charge in [0, 0.05) is 16.0 Å². The fraction of sp³-hybridized carbons (Fsp3) is 0.211. The molecule has 0 unspecified atom stereocenters. The largest absolute Gasteiger partial charge is 0.298 e. The smallest absolute Gasteiger partial charge is 0.260 e. The Bertz CT molecular complexity index is 915. The van der Waals surface area contributed by atoms with Gasteiger partial charge in [-0.05, 0) is 57.0 Å². The van der Waals surface area contributed by atoms with E-state index in [-0.39, 0.29) is 5.91 Å². The van der Waals surface area contributed by atoms with Crippen LogP contribution in [0.2, 0.25) is 0 Å². The third-order valence-corrected chi connectivity index (χ3v) is 5.98. The highest BCUT2D eigenvalue weighted by atomic mass is 32.2. The molecule has 1 amide bonds. The van der Waals surface area contributed by atoms with Crippen molar-refractivity contribution in [1.29, 1.82) is 0 Å². The molecule has 0 aliphatic carbocycles. The van der Waals surface area contributed by atoms with Crippen LogP contribution in [0.5, 0.6) is 0 Å². The fourth-order valence-corrected chi connectivity index (χ4v) is 4.13. The number of nitrogens with zero attached hydrogens (tertiary/aromatic N) is 2. The lowest BCUT2D eigenvalue weighted by molar-refractivity contribution is 0.102. The number of hydrogen-bond acceptors (Lipinski definition) is 5. The summed E-state index contributed by atoms with van der Waals surface area (Å²) < 4.78 is 0. The Labute approximate surface area is 155 Å². The molecule has 3 rings (SSSR count). The summed E-state index contributed by atoms with van der Waals surface area (Å²) in [6.45, 7) is 8.05. The maximum Gasteiger partial charge on any atom is 0.260 e. The molecule has 0 aliphatic rings. The van der Waals surface area contributed by atoms with E-state index < -0.39 is 0 Å². The van der Waals surface area contributed by atoms with E-state index in [1.54, 1.807) is 18.3 Å². The number of pyridine rings is 1. The molecule has 0 aliphatic heterocycles. The number of aryl methyl sites for hydroxylation is 4. The molecule has 0 radical (unpaired) electrons. The number of rotatable bonds is 4. The molecular formula is C19H19N3OS2. The van der Waals surface area contributed by atoms with E-state index in [1.807, 2.05) is 13.8 Å². The van der Waals surface area contributed by atoms with Crippen LogP contribution < -0.4 is 5.32 Å². The number of anilines is 1. The molecule has 0 saturated heterocycles. The van der Waals surface area contributed by atoms with Crippen molar-refractivity contribution < 1.29 is 4.79 Å². The van der Waals surface area contributed by atoms with Gasteiger partial charge in [-0.25, -0.2) is 9.97 Å². The summed E-state index contributed by atoms with van der Waals surface area (Å²) in [6, 6.07) is 9.85. The van der Waals surface area contributed by atoms with Gasteiger partial charge >= 0.3 is 0 Å². The Morgan fingerprint density at radius 3 is 2.68 bits per heavy atom. The zero-order chi connectivity index (χ0) is 18.0. The molecule has 128 valence electrons. The lowest BCUT2D eigenvalue weighted by atomic mass is 10.2. The summed E-state index contributed by atoms with van der Waals surface area (Å²) in [4.78, 5) is 23.7. The van der Waals surface area contributed by atoms with E-state index in [9.17, 15) is 4.79 Å². The number of carbonyl (C=O) groups excluding carboxylic acids is 1. The van der Waals surface area contributed by atoms with Crippen molar-refractivity contribution in [1.82, 2.24) is 9.97 Å². The summed E-state index contributed by atoms with van der Waals surface area (Å²) in [5, 5.41) is 4.20. The molecule has 0 saturated carbocycles. The van der Waals surface area contributed by atoms with Crippen molar-refractivity contribution in [3.63, 3.8) is 0 Å². The van der Waals surface area contributed by atoms with E-state index in [0.717, 1.165) is 15.5 Å². The lowest BCUT2D eigenvalue weighted by Gasteiger charge is -2.10. The first-order valence-corrected chi connectivity index (χ1v) is 9.53. The van der Waals surface area contributed by atoms with Crippen molar-refractivity contribution >= 4 is 34.1 Å². The first-order valence-electron chi connectivity index (χ1n) is 7.89. The Hall–Kier alpha value is -2.18. The van der Waals surface area contributed by atoms with Crippen LogP contribution in [-0.2, 0) is 0 Å². The Kier molecular flexibility index (Phi) is 5.20. The summed E-state index contributed by atoms with van der Waals surface area (Å²) in [6.07, 6.45) is 1.71. The summed E-state index contributed by atoms with van der Waals surface area (Å²) >= 11 is 2.99. The van der Waals surface area contributed by atoms with Gasteiger partial charge < -0.3 is 0 Å². The summed E-state index contributed by atoms with van der Waals surface area (Å²) in [5.41, 5.74) is 3.85. The fourth-order valence-electron chi connectivity index (χ4n) is 2.26. The Morgan fingerprint density at radius 1 is 1.16 bits per heavy atom. The molecule has 2 aromatic heterocycles. The predicted octanol–water partition coefficient (Wildman–Crippen LogP) is 5.18. The Balaban J connectivity index is 1.87. The van der Waals surface area contributed by atoms with Gasteiger partial charge in [0.15, 0.2) is 5.13 Å². The third kappa shape index (κ3) is 4.08. The SMILES string of the molecule is Cc1ccc(C)c(Sc2ncccc2C(=O)Nc2nc(C)c(C)s2)c1. The van der Waals surface area contributed by atoms with Crippen LogP contribution in [0, 0.1) is 27.7 Å². The van der Waals surface area contributed by atoms with E-state index in [0.29, 0.717) is 15.7 Å². The molecule has 1 aromatic carbocycles. The molecular weight excluding hydrogens is 350 g/mol. The van der Waals surface area contributed by atoms with Gasteiger partial charge in [-0.1, -0.05) is 23.9 Å². The first-order chi connectivity index (χ1) is 11.9. The highest BCUT2D eigenvalue weighted by molar-refractivity contribution is 7.99. The molecule has 2 heterocycles. The average molecular weight is 370 g/mol. The van der Waals surface area contributed by atoms with Crippen LogP contribution in [-0.4, -0.2) is 15.9 Å². The topological polar surface area (TPSA) is 54.9 Å². The third-order valence-electron chi connectivity index (χ3n) is 3.82. The molecule has 25 heavy (non-hydrogen) atoms. The molecule has 0 fully saturated rings. The average Bonchev–Trinajstić information content (AvgIpc) is 2.89. The normalized spacial score (nSPS) is 10.7. The predicted molar refractivity (Wildman–Crippen MR) is 104 cm³/mol. The molecule has 6 heteroatoms. The number of nitrogens with one attached hydrogen (secondary N) is 1. The second-order valence-electron chi connectivity index (χ2n) is 5.84. The first kappa shape index (κ1) is 17.6. The Morgan fingerprint density at radius 2 is 1.96 bits per heavy atom. The minimum Gasteiger partial charge on any atom is -0.298 e. The van der Waals surface area contributed by atoms with E-state index in [2.05, 4.69) is 47.3 Å². The van der Waals surface area contributed by atoms with E-state index >= 15 is 0 Å². The van der Waals surface area contributed by atoms with Crippen molar-refractivity contribution in [3.05, 3.63) is 63.8 Å². The van der Waals surface area contributed by atoms with Gasteiger partial charge in [-0.15, -0.1) is 11.3 Å². The number of thiazole rings is 1. The van der Waals surface area contributed by atoms with Gasteiger partial charge in [0.25, 0.3) is 5.91 Å². The van der Waals surface area contributed by atoms with Crippen LogP contribution in [0.15, 0.2) is 46.5 Å². The van der Waals surface area contributed by atoms with Crippen molar-refractivity contribution in [3.8, 4) is 0 Å². The van der Waals surface area contributed by atoms with Crippen LogP contribution in [0.4, 0.5) is 5.13 Å². The molecule has 0 bridgehead atoms. The van der Waals surface area contributed by atoms with E-state index in [4.69, 9.17) is 0 Å². The number of benzene rings is 1. The molecule has 3 aromatic rings. The van der Waals surface area contributed by atoms with Crippen molar-refractivity contribution in [2.75, 3.05) is 5.32 Å². The molecule has 1 N–H and O–H groups in total. The lowest BCUT2D eigenvalue weighted by Crippen LogP contribution is -2.13. The monoisotopic (exact) mass is 369 g/mol. The van der Waals surface area contributed by atoms with Crippen LogP contribution in [0.3, 0.4) is 0 Å². The molecule has 0 atom stereocenters. The molecule has 4 nitrogen and oxygen atoms in total. The van der Waals surface area contributed by atoms with Gasteiger partial charge in [0.1, 0.15) is 5.03 Å². The van der Waals surface area contributed by atoms with Crippen LogP contribution >= 0.6 is 23.1 Å². The number of aromatic nitrogens is 2.